The molecule has 0 saturated carbocycles. The summed E-state index contributed by atoms with van der Waals surface area (Å²) in [6, 6.07) is 5.72. The zero-order valence-electron chi connectivity index (χ0n) is 11.1. The second-order valence-electron chi connectivity index (χ2n) is 4.33. The fraction of sp³-hybridized carbons (Fsp3) is 0.267. The Bertz CT molecular complexity index is 620. The first-order valence-electron chi connectivity index (χ1n) is 6.20. The van der Waals surface area contributed by atoms with Gasteiger partial charge in [0.25, 0.3) is 5.91 Å². The molecular formula is C15H15NO2S2. The summed E-state index contributed by atoms with van der Waals surface area (Å²) < 4.78 is 0. The number of nitrogens with one attached hydrogen (secondary N) is 1. The minimum Gasteiger partial charge on any atom is -0.384 e. The molecule has 2 heterocycles. The van der Waals surface area contributed by atoms with Crippen LogP contribution in [0.25, 0.3) is 0 Å². The summed E-state index contributed by atoms with van der Waals surface area (Å²) in [5.41, 5.74) is 1.24. The van der Waals surface area contributed by atoms with Crippen molar-refractivity contribution < 1.29 is 9.90 Å². The van der Waals surface area contributed by atoms with Crippen molar-refractivity contribution in [2.45, 2.75) is 19.4 Å². The van der Waals surface area contributed by atoms with Crippen molar-refractivity contribution in [3.8, 4) is 11.8 Å². The van der Waals surface area contributed by atoms with E-state index in [-0.39, 0.29) is 18.6 Å². The van der Waals surface area contributed by atoms with E-state index in [0.29, 0.717) is 4.88 Å². The molecule has 0 aromatic carbocycles. The highest BCUT2D eigenvalue weighted by Gasteiger charge is 2.12. The lowest BCUT2D eigenvalue weighted by molar-refractivity contribution is 0.0944. The fourth-order valence-corrected chi connectivity index (χ4v) is 3.23. The van der Waals surface area contributed by atoms with Gasteiger partial charge in [-0.2, -0.15) is 11.3 Å². The Hall–Kier alpha value is -1.61. The Morgan fingerprint density at radius 1 is 1.45 bits per heavy atom. The standard InChI is InChI=1S/C15H15NO2S2/c1-11(9-12-6-8-19-10-12)16-15(18)14-5-4-13(20-14)3-2-7-17/h4-6,8,10-11,17H,7,9H2,1H3,(H,16,18). The van der Waals surface area contributed by atoms with Crippen LogP contribution in [0.15, 0.2) is 29.0 Å². The Labute approximate surface area is 126 Å². The van der Waals surface area contributed by atoms with Crippen LogP contribution >= 0.6 is 22.7 Å². The molecule has 0 aliphatic rings. The van der Waals surface area contributed by atoms with E-state index in [1.54, 1.807) is 23.5 Å². The third-order valence-corrected chi connectivity index (χ3v) is 4.35. The van der Waals surface area contributed by atoms with Gasteiger partial charge in [0.05, 0.1) is 9.75 Å². The van der Waals surface area contributed by atoms with Gasteiger partial charge in [0.2, 0.25) is 0 Å². The third-order valence-electron chi connectivity index (χ3n) is 2.62. The van der Waals surface area contributed by atoms with E-state index in [9.17, 15) is 4.79 Å². The van der Waals surface area contributed by atoms with Crippen molar-refractivity contribution in [2.24, 2.45) is 0 Å². The van der Waals surface area contributed by atoms with Crippen LogP contribution in [0.3, 0.4) is 0 Å². The molecule has 0 aliphatic carbocycles. The number of hydrogen-bond donors (Lipinski definition) is 2. The van der Waals surface area contributed by atoms with Crippen LogP contribution in [-0.4, -0.2) is 23.7 Å². The van der Waals surface area contributed by atoms with E-state index in [4.69, 9.17) is 5.11 Å². The quantitative estimate of drug-likeness (QED) is 0.853. The molecule has 1 amide bonds. The van der Waals surface area contributed by atoms with Gasteiger partial charge in [-0.05, 0) is 47.9 Å². The first-order valence-corrected chi connectivity index (χ1v) is 7.96. The summed E-state index contributed by atoms with van der Waals surface area (Å²) in [5, 5.41) is 15.8. The van der Waals surface area contributed by atoms with Crippen LogP contribution in [0, 0.1) is 11.8 Å². The van der Waals surface area contributed by atoms with Crippen molar-refractivity contribution in [3.63, 3.8) is 0 Å². The minimum atomic E-state index is -0.170. The predicted octanol–water partition coefficient (Wildman–Crippen LogP) is 2.51. The van der Waals surface area contributed by atoms with Crippen LogP contribution in [0.1, 0.15) is 27.0 Å². The fourth-order valence-electron chi connectivity index (χ4n) is 1.76. The SMILES string of the molecule is CC(Cc1ccsc1)NC(=O)c1ccc(C#CCO)s1. The van der Waals surface area contributed by atoms with Crippen molar-refractivity contribution in [1.82, 2.24) is 5.32 Å². The zero-order valence-corrected chi connectivity index (χ0v) is 12.7. The second-order valence-corrected chi connectivity index (χ2v) is 6.20. The van der Waals surface area contributed by atoms with Gasteiger partial charge in [-0.3, -0.25) is 4.79 Å². The molecule has 1 unspecified atom stereocenters. The highest BCUT2D eigenvalue weighted by atomic mass is 32.1. The number of aliphatic hydroxyl groups is 1. The maximum atomic E-state index is 12.1. The van der Waals surface area contributed by atoms with Gasteiger partial charge in [0.1, 0.15) is 6.61 Å². The van der Waals surface area contributed by atoms with Crippen LogP contribution in [0.2, 0.25) is 0 Å². The Morgan fingerprint density at radius 2 is 2.30 bits per heavy atom. The number of rotatable bonds is 4. The van der Waals surface area contributed by atoms with Gasteiger partial charge in [-0.1, -0.05) is 11.8 Å². The average Bonchev–Trinajstić information content (AvgIpc) is 3.07. The van der Waals surface area contributed by atoms with Crippen LogP contribution in [0.5, 0.6) is 0 Å². The molecule has 0 saturated heterocycles. The highest BCUT2D eigenvalue weighted by molar-refractivity contribution is 7.14. The van der Waals surface area contributed by atoms with Gasteiger partial charge in [-0.25, -0.2) is 0 Å². The van der Waals surface area contributed by atoms with E-state index in [2.05, 4.69) is 28.6 Å². The van der Waals surface area contributed by atoms with E-state index >= 15 is 0 Å². The smallest absolute Gasteiger partial charge is 0.261 e. The van der Waals surface area contributed by atoms with Crippen molar-refractivity contribution in [2.75, 3.05) is 6.61 Å². The first kappa shape index (κ1) is 14.8. The van der Waals surface area contributed by atoms with E-state index in [1.807, 2.05) is 12.3 Å². The van der Waals surface area contributed by atoms with Gasteiger partial charge in [0, 0.05) is 6.04 Å². The molecule has 0 spiro atoms. The summed E-state index contributed by atoms with van der Waals surface area (Å²) in [7, 11) is 0. The molecule has 2 N–H and O–H groups in total. The van der Waals surface area contributed by atoms with Crippen molar-refractivity contribution in [3.05, 3.63) is 44.3 Å². The maximum Gasteiger partial charge on any atom is 0.261 e. The summed E-state index contributed by atoms with van der Waals surface area (Å²) in [6.45, 7) is 1.83. The highest BCUT2D eigenvalue weighted by Crippen LogP contribution is 2.16. The molecule has 1 atom stereocenters. The van der Waals surface area contributed by atoms with Crippen LogP contribution < -0.4 is 5.32 Å². The number of carbonyl (C=O) groups is 1. The van der Waals surface area contributed by atoms with E-state index in [0.717, 1.165) is 11.3 Å². The molecule has 2 aromatic heterocycles. The van der Waals surface area contributed by atoms with Crippen molar-refractivity contribution >= 4 is 28.6 Å². The van der Waals surface area contributed by atoms with Gasteiger partial charge in [0.15, 0.2) is 0 Å². The predicted molar refractivity (Wildman–Crippen MR) is 83.2 cm³/mol. The number of aliphatic hydroxyl groups excluding tert-OH is 1. The summed E-state index contributed by atoms with van der Waals surface area (Å²) in [6.07, 6.45) is 0.831. The molecule has 104 valence electrons. The lowest BCUT2D eigenvalue weighted by Crippen LogP contribution is -2.33. The second kappa shape index (κ2) is 7.25. The number of hydrogen-bond acceptors (Lipinski definition) is 4. The normalized spacial score (nSPS) is 11.5. The summed E-state index contributed by atoms with van der Waals surface area (Å²) in [4.78, 5) is 13.5. The third kappa shape index (κ3) is 4.20. The average molecular weight is 305 g/mol. The van der Waals surface area contributed by atoms with E-state index < -0.39 is 0 Å². The Morgan fingerprint density at radius 3 is 3.00 bits per heavy atom. The Kier molecular flexibility index (Phi) is 5.36. The number of amides is 1. The Balaban J connectivity index is 1.92. The lowest BCUT2D eigenvalue weighted by Gasteiger charge is -2.12. The monoisotopic (exact) mass is 305 g/mol. The molecule has 0 bridgehead atoms. The molecule has 5 heteroatoms. The molecule has 0 aliphatic heterocycles. The minimum absolute atomic E-state index is 0.0743. The molecule has 20 heavy (non-hydrogen) atoms. The van der Waals surface area contributed by atoms with Crippen molar-refractivity contribution in [1.29, 1.82) is 0 Å². The van der Waals surface area contributed by atoms with Crippen LogP contribution in [-0.2, 0) is 6.42 Å². The van der Waals surface area contributed by atoms with Crippen LogP contribution in [0.4, 0.5) is 0 Å². The number of thiophene rings is 2. The summed E-state index contributed by atoms with van der Waals surface area (Å²) >= 11 is 3.00. The topological polar surface area (TPSA) is 49.3 Å². The molecular weight excluding hydrogens is 290 g/mol. The number of carbonyl (C=O) groups excluding carboxylic acids is 1. The zero-order chi connectivity index (χ0) is 14.4. The van der Waals surface area contributed by atoms with Gasteiger partial charge in [-0.15, -0.1) is 11.3 Å². The molecule has 0 radical (unpaired) electrons. The van der Waals surface area contributed by atoms with Gasteiger partial charge >= 0.3 is 0 Å². The van der Waals surface area contributed by atoms with Gasteiger partial charge < -0.3 is 10.4 Å². The lowest BCUT2D eigenvalue weighted by atomic mass is 10.1. The first-order chi connectivity index (χ1) is 9.69. The van der Waals surface area contributed by atoms with E-state index in [1.165, 1.54) is 16.9 Å². The molecule has 3 nitrogen and oxygen atoms in total. The molecule has 2 rings (SSSR count). The molecule has 2 aromatic rings. The largest absolute Gasteiger partial charge is 0.384 e. The molecule has 0 fully saturated rings. The summed E-state index contributed by atoms with van der Waals surface area (Å²) in [5.74, 6) is 5.30. The maximum absolute atomic E-state index is 12.1.